The molecule has 0 aliphatic rings. The molecule has 0 spiro atoms. The fraction of sp³-hybridized carbons (Fsp3) is 0.118. The van der Waals surface area contributed by atoms with Gasteiger partial charge in [0.25, 0.3) is 5.91 Å². The van der Waals surface area contributed by atoms with E-state index in [1.165, 1.54) is 22.5 Å². The third-order valence-electron chi connectivity index (χ3n) is 3.28. The highest BCUT2D eigenvalue weighted by atomic mass is 32.1. The van der Waals surface area contributed by atoms with Crippen molar-refractivity contribution in [2.75, 3.05) is 5.32 Å². The molecule has 0 radical (unpaired) electrons. The van der Waals surface area contributed by atoms with Crippen molar-refractivity contribution in [3.05, 3.63) is 64.8 Å². The normalized spacial score (nSPS) is 10.5. The Morgan fingerprint density at radius 3 is 2.77 bits per heavy atom. The van der Waals surface area contributed by atoms with Gasteiger partial charge in [-0.3, -0.25) is 15.1 Å². The Labute approximate surface area is 132 Å². The number of hydrogen-bond acceptors (Lipinski definition) is 4. The van der Waals surface area contributed by atoms with E-state index in [2.05, 4.69) is 47.3 Å². The molecule has 0 aliphatic heterocycles. The van der Waals surface area contributed by atoms with Gasteiger partial charge in [0, 0.05) is 17.1 Å². The molecule has 1 amide bonds. The first-order chi connectivity index (χ1) is 10.6. The zero-order valence-corrected chi connectivity index (χ0v) is 13.1. The molecule has 0 aliphatic carbocycles. The predicted octanol–water partition coefficient (Wildman–Crippen LogP) is 4.07. The lowest BCUT2D eigenvalue weighted by Crippen LogP contribution is -2.13. The highest BCUT2D eigenvalue weighted by molar-refractivity contribution is 7.14. The summed E-state index contributed by atoms with van der Waals surface area (Å²) in [5.74, 6) is -0.248. The van der Waals surface area contributed by atoms with Gasteiger partial charge in [0.15, 0.2) is 5.13 Å². The van der Waals surface area contributed by atoms with Crippen molar-refractivity contribution in [2.24, 2.45) is 0 Å². The molecule has 2 aromatic heterocycles. The third-order valence-corrected chi connectivity index (χ3v) is 4.04. The van der Waals surface area contributed by atoms with Crippen molar-refractivity contribution >= 4 is 22.4 Å². The minimum atomic E-state index is -0.248. The summed E-state index contributed by atoms with van der Waals surface area (Å²) < 4.78 is 0. The van der Waals surface area contributed by atoms with Crippen LogP contribution in [0.4, 0.5) is 5.13 Å². The number of benzene rings is 1. The zero-order valence-electron chi connectivity index (χ0n) is 12.3. The van der Waals surface area contributed by atoms with Crippen molar-refractivity contribution in [2.45, 2.75) is 13.8 Å². The van der Waals surface area contributed by atoms with Crippen molar-refractivity contribution in [3.8, 4) is 11.3 Å². The summed E-state index contributed by atoms with van der Waals surface area (Å²) in [6, 6.07) is 11.5. The van der Waals surface area contributed by atoms with Gasteiger partial charge in [-0.2, -0.15) is 0 Å². The first kappa shape index (κ1) is 14.4. The molecule has 0 atom stereocenters. The second kappa shape index (κ2) is 6.07. The standard InChI is InChI=1S/C17H15N3OS/c1-11-6-7-13(12(2)9-11)15-10-22-17(19-15)20-16(21)14-5-3-4-8-18-14/h3-10H,1-2H3,(H,19,20,21). The topological polar surface area (TPSA) is 54.9 Å². The van der Waals surface area contributed by atoms with E-state index in [1.807, 2.05) is 5.38 Å². The summed E-state index contributed by atoms with van der Waals surface area (Å²) in [5.41, 5.74) is 4.73. The molecule has 0 saturated carbocycles. The van der Waals surface area contributed by atoms with E-state index >= 15 is 0 Å². The van der Waals surface area contributed by atoms with Crippen LogP contribution in [0.5, 0.6) is 0 Å². The van der Waals surface area contributed by atoms with Gasteiger partial charge in [-0.1, -0.05) is 29.8 Å². The van der Waals surface area contributed by atoms with Crippen LogP contribution in [0.3, 0.4) is 0 Å². The number of carbonyl (C=O) groups excluding carboxylic acids is 1. The number of aryl methyl sites for hydroxylation is 2. The first-order valence-electron chi connectivity index (χ1n) is 6.89. The number of nitrogens with one attached hydrogen (secondary N) is 1. The van der Waals surface area contributed by atoms with E-state index in [1.54, 1.807) is 24.4 Å². The highest BCUT2D eigenvalue weighted by Crippen LogP contribution is 2.28. The number of amides is 1. The Morgan fingerprint density at radius 1 is 1.18 bits per heavy atom. The van der Waals surface area contributed by atoms with Crippen LogP contribution >= 0.6 is 11.3 Å². The molecule has 22 heavy (non-hydrogen) atoms. The minimum Gasteiger partial charge on any atom is -0.296 e. The second-order valence-electron chi connectivity index (χ2n) is 5.03. The summed E-state index contributed by atoms with van der Waals surface area (Å²) in [6.45, 7) is 4.13. The molecule has 1 aromatic carbocycles. The van der Waals surface area contributed by atoms with Crippen LogP contribution in [0.15, 0.2) is 48.0 Å². The number of carbonyl (C=O) groups is 1. The molecule has 0 bridgehead atoms. The van der Waals surface area contributed by atoms with Gasteiger partial charge < -0.3 is 0 Å². The van der Waals surface area contributed by atoms with Gasteiger partial charge in [-0.05, 0) is 31.5 Å². The van der Waals surface area contributed by atoms with Gasteiger partial charge in [-0.15, -0.1) is 11.3 Å². The van der Waals surface area contributed by atoms with Crippen LogP contribution in [-0.4, -0.2) is 15.9 Å². The number of aromatic nitrogens is 2. The molecule has 3 rings (SSSR count). The smallest absolute Gasteiger partial charge is 0.276 e. The number of hydrogen-bond donors (Lipinski definition) is 1. The molecular weight excluding hydrogens is 294 g/mol. The molecule has 110 valence electrons. The number of nitrogens with zero attached hydrogens (tertiary/aromatic N) is 2. The van der Waals surface area contributed by atoms with Crippen molar-refractivity contribution in [1.82, 2.24) is 9.97 Å². The molecule has 0 unspecified atom stereocenters. The molecule has 2 heterocycles. The summed E-state index contributed by atoms with van der Waals surface area (Å²) >= 11 is 1.41. The quantitative estimate of drug-likeness (QED) is 0.793. The lowest BCUT2D eigenvalue weighted by molar-refractivity contribution is 0.102. The summed E-state index contributed by atoms with van der Waals surface area (Å²) in [6.07, 6.45) is 1.60. The van der Waals surface area contributed by atoms with Gasteiger partial charge in [-0.25, -0.2) is 4.98 Å². The Bertz CT molecular complexity index is 812. The molecule has 0 saturated heterocycles. The number of anilines is 1. The molecule has 5 heteroatoms. The third kappa shape index (κ3) is 3.04. The van der Waals surface area contributed by atoms with Gasteiger partial charge >= 0.3 is 0 Å². The molecule has 0 fully saturated rings. The maximum Gasteiger partial charge on any atom is 0.276 e. The maximum atomic E-state index is 12.1. The maximum absolute atomic E-state index is 12.1. The highest BCUT2D eigenvalue weighted by Gasteiger charge is 2.11. The largest absolute Gasteiger partial charge is 0.296 e. The minimum absolute atomic E-state index is 0.248. The molecule has 4 nitrogen and oxygen atoms in total. The van der Waals surface area contributed by atoms with Crippen molar-refractivity contribution in [3.63, 3.8) is 0 Å². The average molecular weight is 309 g/mol. The van der Waals surface area contributed by atoms with Gasteiger partial charge in [0.05, 0.1) is 5.69 Å². The Morgan fingerprint density at radius 2 is 2.05 bits per heavy atom. The van der Waals surface area contributed by atoms with E-state index in [0.717, 1.165) is 11.3 Å². The lowest BCUT2D eigenvalue weighted by Gasteiger charge is -2.03. The van der Waals surface area contributed by atoms with Crippen LogP contribution in [-0.2, 0) is 0 Å². The van der Waals surface area contributed by atoms with E-state index in [0.29, 0.717) is 10.8 Å². The van der Waals surface area contributed by atoms with E-state index < -0.39 is 0 Å². The Balaban J connectivity index is 1.81. The fourth-order valence-corrected chi connectivity index (χ4v) is 2.92. The monoisotopic (exact) mass is 309 g/mol. The Hall–Kier alpha value is -2.53. The van der Waals surface area contributed by atoms with Gasteiger partial charge in [0.2, 0.25) is 0 Å². The number of rotatable bonds is 3. The van der Waals surface area contributed by atoms with Crippen LogP contribution in [0, 0.1) is 13.8 Å². The van der Waals surface area contributed by atoms with E-state index in [4.69, 9.17) is 0 Å². The summed E-state index contributed by atoms with van der Waals surface area (Å²) in [5, 5.41) is 5.31. The molecular formula is C17H15N3OS. The zero-order chi connectivity index (χ0) is 15.5. The van der Waals surface area contributed by atoms with Crippen molar-refractivity contribution < 1.29 is 4.79 Å². The van der Waals surface area contributed by atoms with Crippen LogP contribution in [0.25, 0.3) is 11.3 Å². The molecule has 1 N–H and O–H groups in total. The SMILES string of the molecule is Cc1ccc(-c2csc(NC(=O)c3ccccn3)n2)c(C)c1. The average Bonchev–Trinajstić information content (AvgIpc) is 2.96. The first-order valence-corrected chi connectivity index (χ1v) is 7.77. The van der Waals surface area contributed by atoms with E-state index in [9.17, 15) is 4.79 Å². The van der Waals surface area contributed by atoms with Crippen molar-refractivity contribution in [1.29, 1.82) is 0 Å². The van der Waals surface area contributed by atoms with E-state index in [-0.39, 0.29) is 5.91 Å². The van der Waals surface area contributed by atoms with Crippen LogP contribution in [0.1, 0.15) is 21.6 Å². The predicted molar refractivity (Wildman–Crippen MR) is 89.2 cm³/mol. The summed E-state index contributed by atoms with van der Waals surface area (Å²) in [7, 11) is 0. The lowest BCUT2D eigenvalue weighted by atomic mass is 10.0. The molecule has 3 aromatic rings. The van der Waals surface area contributed by atoms with Gasteiger partial charge in [0.1, 0.15) is 5.69 Å². The number of pyridine rings is 1. The number of thiazole rings is 1. The second-order valence-corrected chi connectivity index (χ2v) is 5.88. The summed E-state index contributed by atoms with van der Waals surface area (Å²) in [4.78, 5) is 20.6. The van der Waals surface area contributed by atoms with Crippen LogP contribution in [0.2, 0.25) is 0 Å². The van der Waals surface area contributed by atoms with Crippen LogP contribution < -0.4 is 5.32 Å². The Kier molecular flexibility index (Phi) is 3.98. The fourth-order valence-electron chi connectivity index (χ4n) is 2.21.